The van der Waals surface area contributed by atoms with Crippen LogP contribution in [0.1, 0.15) is 5.56 Å². The smallest absolute Gasteiger partial charge is 0.102 e. The first-order valence-corrected chi connectivity index (χ1v) is 5.48. The standard InChI is InChI=1S/C13H14N4/c1-16(13-5-3-2-4-6-13)7-8-17-11-12(9-14)10-15-17/h2-6,10-11H,7-8H2,1H3. The highest BCUT2D eigenvalue weighted by Gasteiger charge is 2.01. The average Bonchev–Trinajstić information content (AvgIpc) is 2.85. The van der Waals surface area contributed by atoms with E-state index in [9.17, 15) is 0 Å². The largest absolute Gasteiger partial charge is 0.373 e. The molecule has 0 spiro atoms. The molecule has 4 heteroatoms. The topological polar surface area (TPSA) is 44.9 Å². The SMILES string of the molecule is CN(CCn1cc(C#N)cn1)c1ccccc1. The van der Waals surface area contributed by atoms with Crippen LogP contribution < -0.4 is 4.90 Å². The fraction of sp³-hybridized carbons (Fsp3) is 0.231. The number of hydrogen-bond donors (Lipinski definition) is 0. The van der Waals surface area contributed by atoms with E-state index in [-0.39, 0.29) is 0 Å². The molecule has 0 aliphatic heterocycles. The highest BCUT2D eigenvalue weighted by atomic mass is 15.3. The van der Waals surface area contributed by atoms with E-state index in [1.54, 1.807) is 17.1 Å². The molecule has 0 aliphatic rings. The van der Waals surface area contributed by atoms with Crippen LogP contribution in [0.25, 0.3) is 0 Å². The molecule has 4 nitrogen and oxygen atoms in total. The molecule has 0 saturated carbocycles. The lowest BCUT2D eigenvalue weighted by Crippen LogP contribution is -2.22. The van der Waals surface area contributed by atoms with E-state index in [0.29, 0.717) is 5.56 Å². The quantitative estimate of drug-likeness (QED) is 0.799. The zero-order valence-corrected chi connectivity index (χ0v) is 9.74. The monoisotopic (exact) mass is 226 g/mol. The summed E-state index contributed by atoms with van der Waals surface area (Å²) >= 11 is 0. The molecule has 2 rings (SSSR count). The highest BCUT2D eigenvalue weighted by Crippen LogP contribution is 2.10. The van der Waals surface area contributed by atoms with Gasteiger partial charge in [0.2, 0.25) is 0 Å². The van der Waals surface area contributed by atoms with Gasteiger partial charge in [-0.3, -0.25) is 4.68 Å². The van der Waals surface area contributed by atoms with Crippen LogP contribution in [-0.2, 0) is 6.54 Å². The maximum absolute atomic E-state index is 8.69. The van der Waals surface area contributed by atoms with E-state index in [1.165, 1.54) is 5.69 Å². The number of benzene rings is 1. The molecule has 1 heterocycles. The van der Waals surface area contributed by atoms with Crippen LogP contribution in [0.4, 0.5) is 5.69 Å². The molecule has 0 amide bonds. The van der Waals surface area contributed by atoms with Crippen molar-refractivity contribution in [3.05, 3.63) is 48.3 Å². The normalized spacial score (nSPS) is 9.88. The van der Waals surface area contributed by atoms with Crippen molar-refractivity contribution in [2.75, 3.05) is 18.5 Å². The van der Waals surface area contributed by atoms with Crippen LogP contribution in [0, 0.1) is 11.3 Å². The van der Waals surface area contributed by atoms with Gasteiger partial charge in [-0.1, -0.05) is 18.2 Å². The number of aromatic nitrogens is 2. The molecule has 1 aromatic carbocycles. The maximum Gasteiger partial charge on any atom is 0.102 e. The van der Waals surface area contributed by atoms with Gasteiger partial charge in [-0.2, -0.15) is 10.4 Å². The summed E-state index contributed by atoms with van der Waals surface area (Å²) in [5.41, 5.74) is 1.78. The van der Waals surface area contributed by atoms with Gasteiger partial charge in [-0.25, -0.2) is 0 Å². The third-order valence-corrected chi connectivity index (χ3v) is 2.62. The van der Waals surface area contributed by atoms with E-state index in [0.717, 1.165) is 13.1 Å². The van der Waals surface area contributed by atoms with Gasteiger partial charge in [0.15, 0.2) is 0 Å². The minimum absolute atomic E-state index is 0.604. The first-order valence-electron chi connectivity index (χ1n) is 5.48. The Morgan fingerprint density at radius 1 is 1.35 bits per heavy atom. The molecule has 1 aromatic heterocycles. The summed E-state index contributed by atoms with van der Waals surface area (Å²) in [6, 6.07) is 12.3. The first kappa shape index (κ1) is 11.2. The first-order chi connectivity index (χ1) is 8.29. The number of para-hydroxylation sites is 1. The summed E-state index contributed by atoms with van der Waals surface area (Å²) in [6.45, 7) is 1.63. The van der Waals surface area contributed by atoms with E-state index in [2.05, 4.69) is 28.2 Å². The van der Waals surface area contributed by atoms with Gasteiger partial charge >= 0.3 is 0 Å². The van der Waals surface area contributed by atoms with Crippen molar-refractivity contribution in [2.45, 2.75) is 6.54 Å². The molecule has 0 fully saturated rings. The highest BCUT2D eigenvalue weighted by molar-refractivity contribution is 5.44. The predicted molar refractivity (Wildman–Crippen MR) is 66.7 cm³/mol. The maximum atomic E-state index is 8.69. The van der Waals surface area contributed by atoms with Crippen LogP contribution >= 0.6 is 0 Å². The average molecular weight is 226 g/mol. The Morgan fingerprint density at radius 3 is 2.76 bits per heavy atom. The van der Waals surface area contributed by atoms with Crippen molar-refractivity contribution in [3.8, 4) is 6.07 Å². The van der Waals surface area contributed by atoms with Gasteiger partial charge < -0.3 is 4.90 Å². The summed E-state index contributed by atoms with van der Waals surface area (Å²) in [7, 11) is 2.05. The Kier molecular flexibility index (Phi) is 3.41. The van der Waals surface area contributed by atoms with Gasteiger partial charge in [0.05, 0.1) is 18.3 Å². The van der Waals surface area contributed by atoms with Gasteiger partial charge in [-0.15, -0.1) is 0 Å². The lowest BCUT2D eigenvalue weighted by molar-refractivity contribution is 0.611. The molecular formula is C13H14N4. The Balaban J connectivity index is 1.92. The lowest BCUT2D eigenvalue weighted by Gasteiger charge is -2.18. The zero-order chi connectivity index (χ0) is 12.1. The van der Waals surface area contributed by atoms with E-state index < -0.39 is 0 Å². The van der Waals surface area contributed by atoms with E-state index >= 15 is 0 Å². The van der Waals surface area contributed by atoms with Crippen molar-refractivity contribution in [3.63, 3.8) is 0 Å². The molecule has 0 aliphatic carbocycles. The van der Waals surface area contributed by atoms with Gasteiger partial charge in [0.25, 0.3) is 0 Å². The third-order valence-electron chi connectivity index (χ3n) is 2.62. The van der Waals surface area contributed by atoms with Crippen LogP contribution in [0.3, 0.4) is 0 Å². The Labute approximate surface area is 101 Å². The van der Waals surface area contributed by atoms with Gasteiger partial charge in [-0.05, 0) is 12.1 Å². The Hall–Kier alpha value is -2.28. The Morgan fingerprint density at radius 2 is 2.12 bits per heavy atom. The van der Waals surface area contributed by atoms with Crippen LogP contribution in [0.15, 0.2) is 42.7 Å². The van der Waals surface area contributed by atoms with E-state index in [4.69, 9.17) is 5.26 Å². The van der Waals surface area contributed by atoms with Crippen molar-refractivity contribution in [2.24, 2.45) is 0 Å². The number of rotatable bonds is 4. The summed E-state index contributed by atoms with van der Waals surface area (Å²) in [5, 5.41) is 12.8. The van der Waals surface area contributed by atoms with Gasteiger partial charge in [0, 0.05) is 25.5 Å². The third kappa shape index (κ3) is 2.85. The van der Waals surface area contributed by atoms with Crippen molar-refractivity contribution < 1.29 is 0 Å². The van der Waals surface area contributed by atoms with Crippen LogP contribution in [-0.4, -0.2) is 23.4 Å². The molecule has 0 unspecified atom stereocenters. The minimum atomic E-state index is 0.604. The molecular weight excluding hydrogens is 212 g/mol. The number of nitrogens with zero attached hydrogens (tertiary/aromatic N) is 4. The van der Waals surface area contributed by atoms with Crippen molar-refractivity contribution in [1.82, 2.24) is 9.78 Å². The summed E-state index contributed by atoms with van der Waals surface area (Å²) in [5.74, 6) is 0. The molecule has 0 atom stereocenters. The Bertz CT molecular complexity index is 510. The molecule has 0 radical (unpaired) electrons. The molecule has 0 bridgehead atoms. The zero-order valence-electron chi connectivity index (χ0n) is 9.74. The summed E-state index contributed by atoms with van der Waals surface area (Å²) in [4.78, 5) is 2.16. The number of nitriles is 1. The molecule has 2 aromatic rings. The number of hydrogen-bond acceptors (Lipinski definition) is 3. The second-order valence-corrected chi connectivity index (χ2v) is 3.86. The molecule has 0 N–H and O–H groups in total. The number of anilines is 1. The summed E-state index contributed by atoms with van der Waals surface area (Å²) in [6.07, 6.45) is 3.35. The number of likely N-dealkylation sites (N-methyl/N-ethyl adjacent to an activating group) is 1. The van der Waals surface area contributed by atoms with Crippen molar-refractivity contribution >= 4 is 5.69 Å². The van der Waals surface area contributed by atoms with Gasteiger partial charge in [0.1, 0.15) is 6.07 Å². The predicted octanol–water partition coefficient (Wildman–Crippen LogP) is 1.89. The van der Waals surface area contributed by atoms with E-state index in [1.807, 2.05) is 25.2 Å². The van der Waals surface area contributed by atoms with Crippen molar-refractivity contribution in [1.29, 1.82) is 5.26 Å². The van der Waals surface area contributed by atoms with Crippen LogP contribution in [0.5, 0.6) is 0 Å². The van der Waals surface area contributed by atoms with Crippen LogP contribution in [0.2, 0.25) is 0 Å². The molecule has 86 valence electrons. The molecule has 17 heavy (non-hydrogen) atoms. The fourth-order valence-corrected chi connectivity index (χ4v) is 1.61. The summed E-state index contributed by atoms with van der Waals surface area (Å²) < 4.78 is 1.79. The fourth-order valence-electron chi connectivity index (χ4n) is 1.61. The second-order valence-electron chi connectivity index (χ2n) is 3.86. The second kappa shape index (κ2) is 5.17. The molecule has 0 saturated heterocycles. The minimum Gasteiger partial charge on any atom is -0.373 e. The lowest BCUT2D eigenvalue weighted by atomic mass is 10.3.